The van der Waals surface area contributed by atoms with Gasteiger partial charge in [0.05, 0.1) is 12.4 Å². The van der Waals surface area contributed by atoms with Gasteiger partial charge >= 0.3 is 5.97 Å². The van der Waals surface area contributed by atoms with E-state index in [2.05, 4.69) is 20.6 Å². The Bertz CT molecular complexity index is 610. The maximum atomic E-state index is 12.6. The van der Waals surface area contributed by atoms with Gasteiger partial charge in [-0.15, -0.1) is 0 Å². The Hall–Kier alpha value is -2.07. The van der Waals surface area contributed by atoms with Crippen molar-refractivity contribution in [1.29, 1.82) is 0 Å². The molecule has 9 nitrogen and oxygen atoms in total. The average molecular weight is 400 g/mol. The van der Waals surface area contributed by atoms with Crippen LogP contribution in [0, 0.1) is 5.92 Å². The number of carbonyl (C=O) groups excluding carboxylic acids is 2. The molecule has 1 aromatic heterocycles. The third-order valence-corrected chi connectivity index (χ3v) is 4.99. The van der Waals surface area contributed by atoms with Crippen molar-refractivity contribution in [2.24, 2.45) is 11.7 Å². The number of aromatic amines is 1. The molecule has 0 radical (unpaired) electrons. The third-order valence-electron chi connectivity index (χ3n) is 4.35. The van der Waals surface area contributed by atoms with Gasteiger partial charge in [-0.1, -0.05) is 20.3 Å². The molecular formula is C17H29N5O4S. The van der Waals surface area contributed by atoms with Crippen LogP contribution in [0.5, 0.6) is 0 Å². The molecule has 0 unspecified atom stereocenters. The molecular weight excluding hydrogens is 370 g/mol. The van der Waals surface area contributed by atoms with Gasteiger partial charge in [-0.2, -0.15) is 11.8 Å². The second-order valence-electron chi connectivity index (χ2n) is 6.44. The fraction of sp³-hybridized carbons (Fsp3) is 0.647. The summed E-state index contributed by atoms with van der Waals surface area (Å²) in [4.78, 5) is 43.2. The summed E-state index contributed by atoms with van der Waals surface area (Å²) in [6.45, 7) is 3.71. The van der Waals surface area contributed by atoms with Crippen LogP contribution >= 0.6 is 11.8 Å². The second kappa shape index (κ2) is 11.6. The Morgan fingerprint density at radius 3 is 2.56 bits per heavy atom. The molecule has 1 heterocycles. The minimum absolute atomic E-state index is 0.178. The molecule has 0 fully saturated rings. The first-order valence-electron chi connectivity index (χ1n) is 8.85. The number of aliphatic carboxylic acids is 1. The molecule has 1 rings (SSSR count). The second-order valence-corrected chi connectivity index (χ2v) is 7.43. The van der Waals surface area contributed by atoms with Gasteiger partial charge in [-0.05, 0) is 24.3 Å². The smallest absolute Gasteiger partial charge is 0.326 e. The molecule has 0 aliphatic heterocycles. The first kappa shape index (κ1) is 23.0. The zero-order valence-corrected chi connectivity index (χ0v) is 16.7. The number of nitrogens with one attached hydrogen (secondary N) is 3. The lowest BCUT2D eigenvalue weighted by molar-refractivity contribution is -0.142. The largest absolute Gasteiger partial charge is 0.480 e. The number of thioether (sulfide) groups is 1. The molecule has 0 aromatic carbocycles. The molecule has 0 aliphatic carbocycles. The van der Waals surface area contributed by atoms with E-state index in [0.29, 0.717) is 24.3 Å². The van der Waals surface area contributed by atoms with Gasteiger partial charge in [0, 0.05) is 18.3 Å². The molecule has 2 amide bonds. The number of carboxylic acids is 1. The zero-order valence-electron chi connectivity index (χ0n) is 15.9. The summed E-state index contributed by atoms with van der Waals surface area (Å²) in [6, 6.07) is -2.70. The lowest BCUT2D eigenvalue weighted by atomic mass is 9.97. The van der Waals surface area contributed by atoms with E-state index >= 15 is 0 Å². The quantitative estimate of drug-likeness (QED) is 0.335. The van der Waals surface area contributed by atoms with Gasteiger partial charge in [0.25, 0.3) is 0 Å². The topological polar surface area (TPSA) is 150 Å². The van der Waals surface area contributed by atoms with Crippen molar-refractivity contribution < 1.29 is 19.5 Å². The fourth-order valence-corrected chi connectivity index (χ4v) is 2.91. The van der Waals surface area contributed by atoms with Crippen molar-refractivity contribution in [2.45, 2.75) is 51.2 Å². The van der Waals surface area contributed by atoms with Crippen LogP contribution in [0.1, 0.15) is 32.4 Å². The van der Waals surface area contributed by atoms with Crippen LogP contribution in [-0.4, -0.2) is 63.0 Å². The number of nitrogens with zero attached hydrogens (tertiary/aromatic N) is 1. The minimum Gasteiger partial charge on any atom is -0.480 e. The first-order chi connectivity index (χ1) is 12.8. The van der Waals surface area contributed by atoms with E-state index in [9.17, 15) is 19.5 Å². The van der Waals surface area contributed by atoms with Gasteiger partial charge < -0.3 is 26.5 Å². The molecule has 4 atom stereocenters. The normalized spacial score (nSPS) is 15.4. The van der Waals surface area contributed by atoms with Crippen LogP contribution in [0.2, 0.25) is 0 Å². The number of nitrogens with two attached hydrogens (primary N) is 1. The Morgan fingerprint density at radius 1 is 1.33 bits per heavy atom. The predicted molar refractivity (Wildman–Crippen MR) is 104 cm³/mol. The average Bonchev–Trinajstić information content (AvgIpc) is 3.14. The number of carbonyl (C=O) groups is 3. The Morgan fingerprint density at radius 2 is 2.04 bits per heavy atom. The number of aromatic nitrogens is 2. The van der Waals surface area contributed by atoms with Crippen molar-refractivity contribution in [3.05, 3.63) is 18.2 Å². The number of H-pyrrole nitrogens is 1. The molecule has 27 heavy (non-hydrogen) atoms. The van der Waals surface area contributed by atoms with E-state index in [4.69, 9.17) is 5.73 Å². The molecule has 0 spiro atoms. The number of imidazole rings is 1. The summed E-state index contributed by atoms with van der Waals surface area (Å²) in [5, 5.41) is 14.5. The summed E-state index contributed by atoms with van der Waals surface area (Å²) in [7, 11) is 0. The molecule has 6 N–H and O–H groups in total. The Kier molecular flexibility index (Phi) is 9.87. The highest BCUT2D eigenvalue weighted by Crippen LogP contribution is 2.10. The van der Waals surface area contributed by atoms with Crippen LogP contribution in [-0.2, 0) is 20.8 Å². The van der Waals surface area contributed by atoms with Gasteiger partial charge in [-0.3, -0.25) is 9.59 Å². The van der Waals surface area contributed by atoms with Crippen LogP contribution < -0.4 is 16.4 Å². The van der Waals surface area contributed by atoms with Crippen LogP contribution in [0.15, 0.2) is 12.5 Å². The molecule has 0 bridgehead atoms. The van der Waals surface area contributed by atoms with Crippen molar-refractivity contribution in [2.75, 3.05) is 12.0 Å². The van der Waals surface area contributed by atoms with Gasteiger partial charge in [-0.25, -0.2) is 9.78 Å². The van der Waals surface area contributed by atoms with E-state index in [1.54, 1.807) is 6.20 Å². The lowest BCUT2D eigenvalue weighted by Crippen LogP contribution is -2.57. The van der Waals surface area contributed by atoms with E-state index in [1.165, 1.54) is 18.1 Å². The maximum absolute atomic E-state index is 12.6. The SMILES string of the molecule is CC[C@H](C)[C@H](NC(=O)[C@@H](N)Cc1cnc[nH]1)C(=O)N[C@@H](CCSC)C(=O)O. The summed E-state index contributed by atoms with van der Waals surface area (Å²) in [6.07, 6.45) is 6.14. The van der Waals surface area contributed by atoms with Crippen LogP contribution in [0.25, 0.3) is 0 Å². The standard InChI is InChI=1S/C17H29N5O4S/c1-4-10(2)14(16(24)21-13(17(25)26)5-6-27-3)22-15(23)12(18)7-11-8-19-9-20-11/h8-10,12-14H,4-7,18H2,1-3H3,(H,19,20)(H,21,24)(H,22,23)(H,25,26)/t10-,12-,13-,14-/m0/s1. The molecule has 1 aromatic rings. The summed E-state index contributed by atoms with van der Waals surface area (Å²) in [5.74, 6) is -1.65. The van der Waals surface area contributed by atoms with Gasteiger partial charge in [0.2, 0.25) is 11.8 Å². The summed E-state index contributed by atoms with van der Waals surface area (Å²) >= 11 is 1.50. The highest BCUT2D eigenvalue weighted by atomic mass is 32.2. The van der Waals surface area contributed by atoms with Crippen molar-refractivity contribution in [3.63, 3.8) is 0 Å². The number of amides is 2. The Labute approximate surface area is 163 Å². The highest BCUT2D eigenvalue weighted by molar-refractivity contribution is 7.98. The number of carboxylic acid groups (broad SMARTS) is 1. The van der Waals surface area contributed by atoms with Crippen molar-refractivity contribution >= 4 is 29.5 Å². The fourth-order valence-electron chi connectivity index (χ4n) is 2.44. The van der Waals surface area contributed by atoms with E-state index < -0.39 is 35.9 Å². The number of rotatable bonds is 12. The summed E-state index contributed by atoms with van der Waals surface area (Å²) in [5.41, 5.74) is 6.64. The van der Waals surface area contributed by atoms with Crippen molar-refractivity contribution in [1.82, 2.24) is 20.6 Å². The molecule has 10 heteroatoms. The summed E-state index contributed by atoms with van der Waals surface area (Å²) < 4.78 is 0. The van der Waals surface area contributed by atoms with Crippen molar-refractivity contribution in [3.8, 4) is 0 Å². The van der Waals surface area contributed by atoms with E-state index in [0.717, 1.165) is 0 Å². The lowest BCUT2D eigenvalue weighted by Gasteiger charge is -2.26. The zero-order chi connectivity index (χ0) is 20.4. The molecule has 0 saturated carbocycles. The van der Waals surface area contributed by atoms with Gasteiger partial charge in [0.1, 0.15) is 12.1 Å². The van der Waals surface area contributed by atoms with Crippen LogP contribution in [0.3, 0.4) is 0 Å². The highest BCUT2D eigenvalue weighted by Gasteiger charge is 2.30. The molecule has 0 saturated heterocycles. The Balaban J connectivity index is 2.76. The maximum Gasteiger partial charge on any atom is 0.326 e. The van der Waals surface area contributed by atoms with E-state index in [1.807, 2.05) is 20.1 Å². The predicted octanol–water partition coefficient (Wildman–Crippen LogP) is 0.133. The molecule has 152 valence electrons. The number of hydrogen-bond acceptors (Lipinski definition) is 6. The third kappa shape index (κ3) is 7.59. The van der Waals surface area contributed by atoms with Gasteiger partial charge in [0.15, 0.2) is 0 Å². The minimum atomic E-state index is -1.09. The van der Waals surface area contributed by atoms with Crippen LogP contribution in [0.4, 0.5) is 0 Å². The monoisotopic (exact) mass is 399 g/mol. The number of hydrogen-bond donors (Lipinski definition) is 5. The van der Waals surface area contributed by atoms with E-state index in [-0.39, 0.29) is 12.3 Å². The molecule has 0 aliphatic rings. The first-order valence-corrected chi connectivity index (χ1v) is 10.2.